The van der Waals surface area contributed by atoms with Crippen molar-refractivity contribution in [2.75, 3.05) is 13.9 Å². The number of nitrogens with zero attached hydrogens (tertiary/aromatic N) is 4. The molecule has 1 aromatic carbocycles. The zero-order valence-corrected chi connectivity index (χ0v) is 12.8. The van der Waals surface area contributed by atoms with Gasteiger partial charge in [-0.2, -0.15) is 10.2 Å². The van der Waals surface area contributed by atoms with Gasteiger partial charge in [-0.15, -0.1) is 0 Å². The van der Waals surface area contributed by atoms with Gasteiger partial charge in [0, 0.05) is 38.1 Å². The highest BCUT2D eigenvalue weighted by Crippen LogP contribution is 2.23. The lowest BCUT2D eigenvalue weighted by Gasteiger charge is -2.15. The second kappa shape index (κ2) is 7.42. The van der Waals surface area contributed by atoms with Crippen LogP contribution in [-0.2, 0) is 4.74 Å². The minimum atomic E-state index is -0.0553. The summed E-state index contributed by atoms with van der Waals surface area (Å²) in [4.78, 5) is 0. The van der Waals surface area contributed by atoms with Gasteiger partial charge in [0.2, 0.25) is 0 Å². The van der Waals surface area contributed by atoms with E-state index in [-0.39, 0.29) is 12.8 Å². The first-order chi connectivity index (χ1) is 11.4. The molecule has 1 unspecified atom stereocenters. The molecule has 2 aromatic heterocycles. The third kappa shape index (κ3) is 3.87. The van der Waals surface area contributed by atoms with E-state index in [1.807, 2.05) is 65.7 Å². The van der Waals surface area contributed by atoms with Crippen LogP contribution < -0.4 is 4.74 Å². The number of methoxy groups -OCH3 is 1. The molecule has 1 atom stereocenters. The summed E-state index contributed by atoms with van der Waals surface area (Å²) in [5.41, 5.74) is 1.06. The zero-order valence-electron chi connectivity index (χ0n) is 12.8. The van der Waals surface area contributed by atoms with Gasteiger partial charge in [-0.25, -0.2) is 4.68 Å². The van der Waals surface area contributed by atoms with Gasteiger partial charge in [0.15, 0.2) is 6.79 Å². The molecule has 0 fully saturated rings. The number of aromatic nitrogens is 4. The highest BCUT2D eigenvalue weighted by molar-refractivity contribution is 5.36. The molecule has 0 saturated heterocycles. The molecule has 0 spiro atoms. The highest BCUT2D eigenvalue weighted by atomic mass is 16.7. The smallest absolute Gasteiger partial charge is 0.188 e. The van der Waals surface area contributed by atoms with E-state index in [1.165, 1.54) is 0 Å². The van der Waals surface area contributed by atoms with E-state index in [1.54, 1.807) is 24.2 Å². The Kier molecular flexibility index (Phi) is 4.85. The fourth-order valence-electron chi connectivity index (χ4n) is 2.25. The molecule has 0 amide bonds. The highest BCUT2D eigenvalue weighted by Gasteiger charge is 2.11. The third-order valence-electron chi connectivity index (χ3n) is 3.30. The minimum absolute atomic E-state index is 0.0553. The number of benzene rings is 1. The summed E-state index contributed by atoms with van der Waals surface area (Å²) in [5.74, 6) is 0.758. The minimum Gasteiger partial charge on any atom is -0.468 e. The lowest BCUT2D eigenvalue weighted by molar-refractivity contribution is 0.0510. The van der Waals surface area contributed by atoms with Crippen molar-refractivity contribution in [3.63, 3.8) is 0 Å². The second-order valence-electron chi connectivity index (χ2n) is 4.88. The number of rotatable bonds is 7. The van der Waals surface area contributed by atoms with Crippen LogP contribution in [0.5, 0.6) is 5.75 Å². The van der Waals surface area contributed by atoms with Gasteiger partial charge < -0.3 is 9.47 Å². The number of hydrogen-bond acceptors (Lipinski definition) is 4. The Balaban J connectivity index is 1.89. The largest absolute Gasteiger partial charge is 0.468 e. The summed E-state index contributed by atoms with van der Waals surface area (Å²) in [5, 5.41) is 8.54. The van der Waals surface area contributed by atoms with Crippen LogP contribution in [0.15, 0.2) is 67.3 Å². The summed E-state index contributed by atoms with van der Waals surface area (Å²) >= 11 is 0. The maximum absolute atomic E-state index is 5.52. The quantitative estimate of drug-likeness (QED) is 0.630. The summed E-state index contributed by atoms with van der Waals surface area (Å²) in [6.45, 7) is 0.221. The molecule has 3 aromatic rings. The SMILES string of the molecule is COCOc1cccc(C(/C=C/n2cccn2)n2cccn2)c1. The van der Waals surface area contributed by atoms with E-state index in [2.05, 4.69) is 10.2 Å². The molecule has 0 radical (unpaired) electrons. The molecule has 0 bridgehead atoms. The summed E-state index contributed by atoms with van der Waals surface area (Å²) < 4.78 is 14.1. The number of hydrogen-bond donors (Lipinski definition) is 0. The predicted octanol–water partition coefficient (Wildman–Crippen LogP) is 2.82. The fourth-order valence-corrected chi connectivity index (χ4v) is 2.25. The standard InChI is InChI=1S/C17H18N4O2/c1-22-14-23-16-6-2-5-15(13-16)17(21-11-4-9-19-21)7-12-20-10-3-8-18-20/h2-13,17H,14H2,1H3/b12-7+. The van der Waals surface area contributed by atoms with E-state index in [9.17, 15) is 0 Å². The molecule has 0 aliphatic carbocycles. The van der Waals surface area contributed by atoms with Crippen LogP contribution in [0, 0.1) is 0 Å². The average Bonchev–Trinajstić information content (AvgIpc) is 3.27. The average molecular weight is 310 g/mol. The lowest BCUT2D eigenvalue weighted by Crippen LogP contribution is -2.09. The van der Waals surface area contributed by atoms with Crippen LogP contribution >= 0.6 is 0 Å². The van der Waals surface area contributed by atoms with Crippen LogP contribution in [0.1, 0.15) is 11.6 Å². The predicted molar refractivity (Wildman–Crippen MR) is 86.9 cm³/mol. The van der Waals surface area contributed by atoms with Crippen molar-refractivity contribution < 1.29 is 9.47 Å². The Bertz CT molecular complexity index is 736. The van der Waals surface area contributed by atoms with Crippen LogP contribution in [0.2, 0.25) is 0 Å². The maximum Gasteiger partial charge on any atom is 0.188 e. The van der Waals surface area contributed by atoms with E-state index in [0.717, 1.165) is 11.3 Å². The van der Waals surface area contributed by atoms with Gasteiger partial charge in [0.1, 0.15) is 5.75 Å². The Hall–Kier alpha value is -2.86. The van der Waals surface area contributed by atoms with Crippen molar-refractivity contribution in [2.45, 2.75) is 6.04 Å². The number of ether oxygens (including phenoxy) is 2. The first-order valence-corrected chi connectivity index (χ1v) is 7.25. The second-order valence-corrected chi connectivity index (χ2v) is 4.88. The molecule has 23 heavy (non-hydrogen) atoms. The van der Waals surface area contributed by atoms with Crippen LogP contribution in [-0.4, -0.2) is 33.5 Å². The van der Waals surface area contributed by atoms with Gasteiger partial charge in [-0.3, -0.25) is 4.68 Å². The molecule has 118 valence electrons. The molecule has 3 rings (SSSR count). The topological polar surface area (TPSA) is 54.1 Å². The van der Waals surface area contributed by atoms with Crippen LogP contribution in [0.4, 0.5) is 0 Å². The van der Waals surface area contributed by atoms with Crippen molar-refractivity contribution in [2.24, 2.45) is 0 Å². The molecule has 0 N–H and O–H groups in total. The van der Waals surface area contributed by atoms with Crippen molar-refractivity contribution in [3.05, 3.63) is 72.8 Å². The molecule has 6 heteroatoms. The first-order valence-electron chi connectivity index (χ1n) is 7.25. The maximum atomic E-state index is 5.52. The molecule has 0 aliphatic rings. The Morgan fingerprint density at radius 1 is 1.13 bits per heavy atom. The van der Waals surface area contributed by atoms with Crippen molar-refractivity contribution in [3.8, 4) is 5.75 Å². The van der Waals surface area contributed by atoms with Gasteiger partial charge in [0.05, 0.1) is 6.04 Å². The molecular formula is C17H18N4O2. The first kappa shape index (κ1) is 15.1. The molecule has 0 saturated carbocycles. The Morgan fingerprint density at radius 2 is 2.00 bits per heavy atom. The Morgan fingerprint density at radius 3 is 2.74 bits per heavy atom. The normalized spacial score (nSPS) is 12.6. The molecule has 6 nitrogen and oxygen atoms in total. The van der Waals surface area contributed by atoms with Gasteiger partial charge in [-0.1, -0.05) is 12.1 Å². The van der Waals surface area contributed by atoms with E-state index in [0.29, 0.717) is 0 Å². The van der Waals surface area contributed by atoms with Crippen molar-refractivity contribution >= 4 is 6.20 Å². The molecule has 0 aliphatic heterocycles. The van der Waals surface area contributed by atoms with Crippen molar-refractivity contribution in [1.82, 2.24) is 19.6 Å². The summed E-state index contributed by atoms with van der Waals surface area (Å²) in [6, 6.07) is 11.6. The summed E-state index contributed by atoms with van der Waals surface area (Å²) in [7, 11) is 1.60. The monoisotopic (exact) mass is 310 g/mol. The van der Waals surface area contributed by atoms with E-state index < -0.39 is 0 Å². The molecule has 2 heterocycles. The third-order valence-corrected chi connectivity index (χ3v) is 3.30. The van der Waals surface area contributed by atoms with Gasteiger partial charge in [-0.05, 0) is 35.9 Å². The van der Waals surface area contributed by atoms with E-state index >= 15 is 0 Å². The Labute approximate surface area is 134 Å². The molecular weight excluding hydrogens is 292 g/mol. The van der Waals surface area contributed by atoms with Gasteiger partial charge >= 0.3 is 0 Å². The fraction of sp³-hybridized carbons (Fsp3) is 0.176. The van der Waals surface area contributed by atoms with Crippen LogP contribution in [0.25, 0.3) is 6.20 Å². The van der Waals surface area contributed by atoms with Crippen LogP contribution in [0.3, 0.4) is 0 Å². The van der Waals surface area contributed by atoms with E-state index in [4.69, 9.17) is 9.47 Å². The summed E-state index contributed by atoms with van der Waals surface area (Å²) in [6.07, 6.45) is 11.3. The van der Waals surface area contributed by atoms with Gasteiger partial charge in [0.25, 0.3) is 0 Å². The van der Waals surface area contributed by atoms with Crippen molar-refractivity contribution in [1.29, 1.82) is 0 Å². The number of allylic oxidation sites excluding steroid dienone is 1. The zero-order chi connectivity index (χ0) is 15.9. The lowest BCUT2D eigenvalue weighted by atomic mass is 10.1.